The Hall–Kier alpha value is -1.10. The predicted octanol–water partition coefficient (Wildman–Crippen LogP) is 2.14. The highest BCUT2D eigenvalue weighted by molar-refractivity contribution is 9.10. The van der Waals surface area contributed by atoms with Gasteiger partial charge in [-0.2, -0.15) is 0 Å². The molecule has 1 aromatic rings. The van der Waals surface area contributed by atoms with Gasteiger partial charge in [0.05, 0.1) is 5.84 Å². The van der Waals surface area contributed by atoms with Gasteiger partial charge in [-0.15, -0.1) is 0 Å². The van der Waals surface area contributed by atoms with Crippen LogP contribution in [-0.2, 0) is 0 Å². The third-order valence-electron chi connectivity index (χ3n) is 2.62. The molecule has 5 heteroatoms. The molecule has 0 atom stereocenters. The third-order valence-corrected chi connectivity index (χ3v) is 3.08. The predicted molar refractivity (Wildman–Crippen MR) is 68.8 cm³/mol. The van der Waals surface area contributed by atoms with Crippen LogP contribution in [0.25, 0.3) is 0 Å². The number of hydrogen-bond donors (Lipinski definition) is 2. The standard InChI is InChI=1S/C11H15BrN4/c12-8-1-4-11(15-7-8)16(9-2-3-9)6-5-10(13)14/h1,4,7,9H,2-3,5-6H2,(H3,13,14). The van der Waals surface area contributed by atoms with Crippen molar-refractivity contribution in [2.75, 3.05) is 11.4 Å². The Morgan fingerprint density at radius 2 is 2.31 bits per heavy atom. The van der Waals surface area contributed by atoms with Gasteiger partial charge in [0, 0.05) is 29.7 Å². The summed E-state index contributed by atoms with van der Waals surface area (Å²) in [6, 6.07) is 4.58. The molecule has 4 nitrogen and oxygen atoms in total. The van der Waals surface area contributed by atoms with Crippen molar-refractivity contribution in [1.82, 2.24) is 4.98 Å². The lowest BCUT2D eigenvalue weighted by Crippen LogP contribution is -2.30. The van der Waals surface area contributed by atoms with Gasteiger partial charge in [0.15, 0.2) is 0 Å². The lowest BCUT2D eigenvalue weighted by molar-refractivity contribution is 0.781. The van der Waals surface area contributed by atoms with Gasteiger partial charge >= 0.3 is 0 Å². The van der Waals surface area contributed by atoms with E-state index in [1.807, 2.05) is 12.1 Å². The molecule has 0 aliphatic heterocycles. The van der Waals surface area contributed by atoms with Crippen LogP contribution in [0.5, 0.6) is 0 Å². The van der Waals surface area contributed by atoms with Crippen molar-refractivity contribution in [3.8, 4) is 0 Å². The number of nitrogens with two attached hydrogens (primary N) is 1. The second-order valence-corrected chi connectivity index (χ2v) is 4.95. The summed E-state index contributed by atoms with van der Waals surface area (Å²) < 4.78 is 0.985. The van der Waals surface area contributed by atoms with Gasteiger partial charge in [-0.05, 0) is 40.9 Å². The molecule has 0 saturated heterocycles. The van der Waals surface area contributed by atoms with Crippen LogP contribution >= 0.6 is 15.9 Å². The van der Waals surface area contributed by atoms with E-state index < -0.39 is 0 Å². The Morgan fingerprint density at radius 1 is 1.56 bits per heavy atom. The summed E-state index contributed by atoms with van der Waals surface area (Å²) in [5.41, 5.74) is 5.39. The zero-order valence-corrected chi connectivity index (χ0v) is 10.6. The van der Waals surface area contributed by atoms with Crippen LogP contribution in [0.2, 0.25) is 0 Å². The van der Waals surface area contributed by atoms with E-state index >= 15 is 0 Å². The number of hydrogen-bond acceptors (Lipinski definition) is 3. The molecule has 0 unspecified atom stereocenters. The van der Waals surface area contributed by atoms with Crippen molar-refractivity contribution < 1.29 is 0 Å². The summed E-state index contributed by atoms with van der Waals surface area (Å²) in [6.45, 7) is 0.786. The molecule has 0 amide bonds. The first kappa shape index (κ1) is 11.4. The van der Waals surface area contributed by atoms with Gasteiger partial charge in [-0.3, -0.25) is 5.41 Å². The highest BCUT2D eigenvalue weighted by Gasteiger charge is 2.29. The van der Waals surface area contributed by atoms with E-state index in [2.05, 4.69) is 25.8 Å². The molecule has 1 aliphatic rings. The summed E-state index contributed by atoms with van der Waals surface area (Å²) in [7, 11) is 0. The van der Waals surface area contributed by atoms with Gasteiger partial charge < -0.3 is 10.6 Å². The van der Waals surface area contributed by atoms with Gasteiger partial charge in [0.2, 0.25) is 0 Å². The number of aromatic nitrogens is 1. The minimum absolute atomic E-state index is 0.239. The van der Waals surface area contributed by atoms with Crippen LogP contribution in [-0.4, -0.2) is 23.4 Å². The van der Waals surface area contributed by atoms with E-state index in [9.17, 15) is 0 Å². The molecule has 0 aromatic carbocycles. The molecule has 1 saturated carbocycles. The minimum atomic E-state index is 0.239. The average molecular weight is 283 g/mol. The molecule has 16 heavy (non-hydrogen) atoms. The van der Waals surface area contributed by atoms with Gasteiger partial charge in [0.25, 0.3) is 0 Å². The molecular weight excluding hydrogens is 268 g/mol. The average Bonchev–Trinajstić information content (AvgIpc) is 3.04. The Kier molecular flexibility index (Phi) is 3.43. The van der Waals surface area contributed by atoms with Gasteiger partial charge in [0.1, 0.15) is 5.82 Å². The fraction of sp³-hybridized carbons (Fsp3) is 0.455. The number of pyridine rings is 1. The molecule has 3 N–H and O–H groups in total. The molecule has 1 fully saturated rings. The maximum Gasteiger partial charge on any atom is 0.128 e. The van der Waals surface area contributed by atoms with E-state index in [1.54, 1.807) is 6.20 Å². The highest BCUT2D eigenvalue weighted by atomic mass is 79.9. The van der Waals surface area contributed by atoms with Crippen LogP contribution < -0.4 is 10.6 Å². The quantitative estimate of drug-likeness (QED) is 0.642. The molecule has 1 aliphatic carbocycles. The topological polar surface area (TPSA) is 66.0 Å². The van der Waals surface area contributed by atoms with E-state index in [0.717, 1.165) is 16.8 Å². The fourth-order valence-corrected chi connectivity index (χ4v) is 1.88. The normalized spacial score (nSPS) is 14.8. The van der Waals surface area contributed by atoms with Crippen LogP contribution in [0.3, 0.4) is 0 Å². The van der Waals surface area contributed by atoms with Crippen LogP contribution in [0, 0.1) is 5.41 Å². The minimum Gasteiger partial charge on any atom is -0.388 e. The first-order valence-electron chi connectivity index (χ1n) is 5.38. The van der Waals surface area contributed by atoms with Crippen molar-refractivity contribution in [2.24, 2.45) is 5.73 Å². The Labute approximate surface area is 103 Å². The molecule has 0 bridgehead atoms. The third kappa shape index (κ3) is 2.95. The summed E-state index contributed by atoms with van der Waals surface area (Å²) in [4.78, 5) is 6.63. The molecular formula is C11H15BrN4. The molecule has 1 heterocycles. The zero-order chi connectivity index (χ0) is 11.5. The molecule has 1 aromatic heterocycles. The first-order chi connectivity index (χ1) is 7.66. The first-order valence-corrected chi connectivity index (χ1v) is 6.17. The Bertz CT molecular complexity index is 372. The number of amidine groups is 1. The number of nitrogens with zero attached hydrogens (tertiary/aromatic N) is 2. The number of nitrogens with one attached hydrogen (secondary N) is 1. The number of halogens is 1. The van der Waals surface area contributed by atoms with Crippen molar-refractivity contribution in [1.29, 1.82) is 5.41 Å². The SMILES string of the molecule is N=C(N)CCN(c1ccc(Br)cn1)C1CC1. The monoisotopic (exact) mass is 282 g/mol. The molecule has 0 radical (unpaired) electrons. The van der Waals surface area contributed by atoms with Crippen LogP contribution in [0.1, 0.15) is 19.3 Å². The maximum atomic E-state index is 7.27. The van der Waals surface area contributed by atoms with Gasteiger partial charge in [-0.1, -0.05) is 0 Å². The fourth-order valence-electron chi connectivity index (χ4n) is 1.65. The Balaban J connectivity index is 2.06. The van der Waals surface area contributed by atoms with Crippen molar-refractivity contribution >= 4 is 27.6 Å². The van der Waals surface area contributed by atoms with E-state index in [1.165, 1.54) is 12.8 Å². The summed E-state index contributed by atoms with van der Waals surface area (Å²) in [6.07, 6.45) is 4.85. The lowest BCUT2D eigenvalue weighted by atomic mass is 10.3. The maximum absolute atomic E-state index is 7.27. The number of rotatable bonds is 5. The van der Waals surface area contributed by atoms with Crippen LogP contribution in [0.4, 0.5) is 5.82 Å². The second kappa shape index (κ2) is 4.82. The van der Waals surface area contributed by atoms with Crippen molar-refractivity contribution in [3.63, 3.8) is 0 Å². The van der Waals surface area contributed by atoms with Crippen LogP contribution in [0.15, 0.2) is 22.8 Å². The van der Waals surface area contributed by atoms with E-state index in [4.69, 9.17) is 11.1 Å². The lowest BCUT2D eigenvalue weighted by Gasteiger charge is -2.23. The highest BCUT2D eigenvalue weighted by Crippen LogP contribution is 2.30. The van der Waals surface area contributed by atoms with Crippen molar-refractivity contribution in [2.45, 2.75) is 25.3 Å². The summed E-state index contributed by atoms with van der Waals surface area (Å²) in [5, 5.41) is 7.27. The van der Waals surface area contributed by atoms with Crippen molar-refractivity contribution in [3.05, 3.63) is 22.8 Å². The molecule has 86 valence electrons. The van der Waals surface area contributed by atoms with E-state index in [-0.39, 0.29) is 5.84 Å². The smallest absolute Gasteiger partial charge is 0.128 e. The summed E-state index contributed by atoms with van der Waals surface area (Å²) in [5.74, 6) is 1.22. The Morgan fingerprint density at radius 3 is 2.81 bits per heavy atom. The molecule has 2 rings (SSSR count). The van der Waals surface area contributed by atoms with Gasteiger partial charge in [-0.25, -0.2) is 4.98 Å². The second-order valence-electron chi connectivity index (χ2n) is 4.03. The number of anilines is 1. The van der Waals surface area contributed by atoms with E-state index in [0.29, 0.717) is 12.5 Å². The molecule has 0 spiro atoms. The summed E-state index contributed by atoms with van der Waals surface area (Å²) >= 11 is 3.37. The zero-order valence-electron chi connectivity index (χ0n) is 8.99. The largest absolute Gasteiger partial charge is 0.388 e.